The largest absolute Gasteiger partial charge is 0.497 e. The van der Waals surface area contributed by atoms with Gasteiger partial charge in [0.2, 0.25) is 0 Å². The van der Waals surface area contributed by atoms with Crippen LogP contribution < -0.4 is 15.5 Å². The molecule has 7 nitrogen and oxygen atoms in total. The molecule has 18 heavy (non-hydrogen) atoms. The fraction of sp³-hybridized carbons (Fsp3) is 0.200. The SMILES string of the molecule is COc1cc(Br)cc(NC(=O)NOCC(=O)O)c1. The van der Waals surface area contributed by atoms with Crippen molar-refractivity contribution in [2.75, 3.05) is 19.0 Å². The minimum absolute atomic E-state index is 0.470. The van der Waals surface area contributed by atoms with E-state index in [9.17, 15) is 9.59 Å². The number of hydrogen-bond acceptors (Lipinski definition) is 4. The Labute approximate surface area is 111 Å². The topological polar surface area (TPSA) is 96.9 Å². The molecule has 0 aromatic heterocycles. The lowest BCUT2D eigenvalue weighted by Gasteiger charge is -2.08. The number of halogens is 1. The normalized spacial score (nSPS) is 9.67. The van der Waals surface area contributed by atoms with Crippen molar-refractivity contribution in [1.29, 1.82) is 0 Å². The minimum atomic E-state index is -1.18. The molecule has 0 saturated carbocycles. The van der Waals surface area contributed by atoms with Crippen molar-refractivity contribution in [2.45, 2.75) is 0 Å². The van der Waals surface area contributed by atoms with Crippen LogP contribution in [0.5, 0.6) is 5.75 Å². The summed E-state index contributed by atoms with van der Waals surface area (Å²) in [5, 5.41) is 10.8. The molecule has 1 aromatic carbocycles. The first-order valence-electron chi connectivity index (χ1n) is 4.76. The third-order valence-corrected chi connectivity index (χ3v) is 2.18. The summed E-state index contributed by atoms with van der Waals surface area (Å²) in [7, 11) is 1.50. The van der Waals surface area contributed by atoms with Gasteiger partial charge in [-0.15, -0.1) is 0 Å². The lowest BCUT2D eigenvalue weighted by molar-refractivity contribution is -0.143. The van der Waals surface area contributed by atoms with E-state index in [0.29, 0.717) is 11.4 Å². The number of carboxylic acid groups (broad SMARTS) is 1. The van der Waals surface area contributed by atoms with Gasteiger partial charge in [0.05, 0.1) is 7.11 Å². The van der Waals surface area contributed by atoms with Gasteiger partial charge in [-0.2, -0.15) is 0 Å². The lowest BCUT2D eigenvalue weighted by Crippen LogP contribution is -2.30. The highest BCUT2D eigenvalue weighted by Crippen LogP contribution is 2.24. The number of carbonyl (C=O) groups is 2. The highest BCUT2D eigenvalue weighted by Gasteiger charge is 2.05. The third-order valence-electron chi connectivity index (χ3n) is 1.73. The monoisotopic (exact) mass is 318 g/mol. The standard InChI is InChI=1S/C10H11BrN2O5/c1-17-8-3-6(11)2-7(4-8)12-10(16)13-18-5-9(14)15/h2-4H,5H2,1H3,(H,14,15)(H2,12,13,16). The summed E-state index contributed by atoms with van der Waals surface area (Å²) in [6, 6.07) is 4.29. The highest BCUT2D eigenvalue weighted by molar-refractivity contribution is 9.10. The Bertz CT molecular complexity index is 452. The summed E-state index contributed by atoms with van der Waals surface area (Å²) in [5.41, 5.74) is 2.40. The zero-order chi connectivity index (χ0) is 13.5. The summed E-state index contributed by atoms with van der Waals surface area (Å²) >= 11 is 3.25. The first-order chi connectivity index (χ1) is 8.51. The van der Waals surface area contributed by atoms with Crippen LogP contribution in [0.25, 0.3) is 0 Å². The van der Waals surface area contributed by atoms with Crippen molar-refractivity contribution in [3.8, 4) is 5.75 Å². The van der Waals surface area contributed by atoms with E-state index < -0.39 is 18.6 Å². The van der Waals surface area contributed by atoms with Gasteiger partial charge in [-0.3, -0.25) is 4.84 Å². The van der Waals surface area contributed by atoms with Crippen molar-refractivity contribution in [1.82, 2.24) is 5.48 Å². The summed E-state index contributed by atoms with van der Waals surface area (Å²) in [6.07, 6.45) is 0. The van der Waals surface area contributed by atoms with E-state index in [1.165, 1.54) is 7.11 Å². The Kier molecular flexibility index (Phi) is 5.40. The second-order valence-electron chi connectivity index (χ2n) is 3.12. The average molecular weight is 319 g/mol. The van der Waals surface area contributed by atoms with E-state index >= 15 is 0 Å². The average Bonchev–Trinajstić information content (AvgIpc) is 2.27. The molecule has 3 N–H and O–H groups in total. The second-order valence-corrected chi connectivity index (χ2v) is 4.03. The maximum atomic E-state index is 11.3. The Morgan fingerprint density at radius 1 is 1.39 bits per heavy atom. The van der Waals surface area contributed by atoms with E-state index in [-0.39, 0.29) is 0 Å². The number of rotatable bonds is 5. The van der Waals surface area contributed by atoms with Crippen molar-refractivity contribution >= 4 is 33.6 Å². The lowest BCUT2D eigenvalue weighted by atomic mass is 10.3. The number of benzene rings is 1. The van der Waals surface area contributed by atoms with Crippen LogP contribution in [0.4, 0.5) is 10.5 Å². The van der Waals surface area contributed by atoms with Crippen LogP contribution in [-0.4, -0.2) is 30.8 Å². The number of nitrogens with one attached hydrogen (secondary N) is 2. The number of carbonyl (C=O) groups excluding carboxylic acids is 1. The van der Waals surface area contributed by atoms with Crippen LogP contribution in [0.1, 0.15) is 0 Å². The van der Waals surface area contributed by atoms with Gasteiger partial charge >= 0.3 is 12.0 Å². The first kappa shape index (κ1) is 14.3. The quantitative estimate of drug-likeness (QED) is 0.716. The fourth-order valence-corrected chi connectivity index (χ4v) is 1.54. The third kappa shape index (κ3) is 5.02. The van der Waals surface area contributed by atoms with Gasteiger partial charge in [0, 0.05) is 16.2 Å². The molecular weight excluding hydrogens is 308 g/mol. The molecule has 1 aromatic rings. The number of ether oxygens (including phenoxy) is 1. The van der Waals surface area contributed by atoms with Gasteiger partial charge in [0.25, 0.3) is 0 Å². The molecule has 0 aliphatic rings. The number of carboxylic acids is 1. The smallest absolute Gasteiger partial charge is 0.343 e. The second kappa shape index (κ2) is 6.82. The zero-order valence-electron chi connectivity index (χ0n) is 9.40. The molecule has 0 fully saturated rings. The van der Waals surface area contributed by atoms with Crippen LogP contribution in [0.2, 0.25) is 0 Å². The van der Waals surface area contributed by atoms with Crippen LogP contribution in [0, 0.1) is 0 Å². The molecule has 0 saturated heterocycles. The van der Waals surface area contributed by atoms with Crippen LogP contribution >= 0.6 is 15.9 Å². The zero-order valence-corrected chi connectivity index (χ0v) is 11.0. The fourth-order valence-electron chi connectivity index (χ4n) is 1.07. The molecule has 0 spiro atoms. The van der Waals surface area contributed by atoms with E-state index in [4.69, 9.17) is 9.84 Å². The van der Waals surface area contributed by atoms with Crippen LogP contribution in [0.15, 0.2) is 22.7 Å². The Balaban J connectivity index is 2.53. The molecule has 0 unspecified atom stereocenters. The van der Waals surface area contributed by atoms with Gasteiger partial charge in [-0.05, 0) is 12.1 Å². The van der Waals surface area contributed by atoms with Crippen molar-refractivity contribution < 1.29 is 24.3 Å². The molecule has 98 valence electrons. The highest BCUT2D eigenvalue weighted by atomic mass is 79.9. The van der Waals surface area contributed by atoms with E-state index in [1.54, 1.807) is 18.2 Å². The number of hydrogen-bond donors (Lipinski definition) is 3. The molecule has 2 amide bonds. The molecule has 0 atom stereocenters. The van der Waals surface area contributed by atoms with E-state index in [1.807, 2.05) is 5.48 Å². The number of hydroxylamine groups is 1. The Morgan fingerprint density at radius 2 is 2.11 bits per heavy atom. The molecule has 0 bridgehead atoms. The molecular formula is C10H11BrN2O5. The molecule has 0 heterocycles. The number of amides is 2. The number of urea groups is 1. The minimum Gasteiger partial charge on any atom is -0.497 e. The van der Waals surface area contributed by atoms with Gasteiger partial charge in [0.15, 0.2) is 6.61 Å². The van der Waals surface area contributed by atoms with Gasteiger partial charge < -0.3 is 15.2 Å². The molecule has 8 heteroatoms. The molecule has 0 radical (unpaired) electrons. The summed E-state index contributed by atoms with van der Waals surface area (Å²) in [6.45, 7) is -0.616. The Hall–Kier alpha value is -1.80. The summed E-state index contributed by atoms with van der Waals surface area (Å²) in [4.78, 5) is 25.9. The van der Waals surface area contributed by atoms with Crippen LogP contribution in [-0.2, 0) is 9.63 Å². The maximum Gasteiger partial charge on any atom is 0.343 e. The van der Waals surface area contributed by atoms with E-state index in [0.717, 1.165) is 4.47 Å². The maximum absolute atomic E-state index is 11.3. The van der Waals surface area contributed by atoms with Crippen LogP contribution in [0.3, 0.4) is 0 Å². The van der Waals surface area contributed by atoms with Crippen molar-refractivity contribution in [3.05, 3.63) is 22.7 Å². The predicted molar refractivity (Wildman–Crippen MR) is 66.4 cm³/mol. The van der Waals surface area contributed by atoms with Gasteiger partial charge in [-0.1, -0.05) is 15.9 Å². The summed E-state index contributed by atoms with van der Waals surface area (Å²) < 4.78 is 5.74. The first-order valence-corrected chi connectivity index (χ1v) is 5.55. The number of methoxy groups -OCH3 is 1. The van der Waals surface area contributed by atoms with E-state index in [2.05, 4.69) is 26.1 Å². The van der Waals surface area contributed by atoms with Crippen molar-refractivity contribution in [2.24, 2.45) is 0 Å². The van der Waals surface area contributed by atoms with Gasteiger partial charge in [0.1, 0.15) is 5.75 Å². The van der Waals surface area contributed by atoms with Gasteiger partial charge in [-0.25, -0.2) is 15.1 Å². The van der Waals surface area contributed by atoms with Crippen molar-refractivity contribution in [3.63, 3.8) is 0 Å². The number of anilines is 1. The molecule has 1 rings (SSSR count). The predicted octanol–water partition coefficient (Wildman–Crippen LogP) is 1.60. The number of aliphatic carboxylic acids is 1. The summed E-state index contributed by atoms with van der Waals surface area (Å²) in [5.74, 6) is -0.620. The molecule has 0 aliphatic heterocycles. The Morgan fingerprint density at radius 3 is 2.72 bits per heavy atom. The molecule has 0 aliphatic carbocycles.